The average molecular weight is 183 g/mol. The lowest BCUT2D eigenvalue weighted by atomic mass is 10.3. The molecule has 64 valence electrons. The van der Waals surface area contributed by atoms with Crippen LogP contribution in [0.4, 0.5) is 0 Å². The third-order valence-electron chi connectivity index (χ3n) is 1.35. The molecule has 1 aromatic rings. The van der Waals surface area contributed by atoms with Crippen molar-refractivity contribution >= 4 is 17.8 Å². The zero-order valence-corrected chi connectivity index (χ0v) is 7.54. The van der Waals surface area contributed by atoms with Crippen LogP contribution in [0.1, 0.15) is 12.0 Å². The van der Waals surface area contributed by atoms with E-state index in [1.165, 1.54) is 0 Å². The van der Waals surface area contributed by atoms with E-state index >= 15 is 0 Å². The van der Waals surface area contributed by atoms with Gasteiger partial charge in [-0.25, -0.2) is 0 Å². The molecular weight excluding hydrogens is 172 g/mol. The van der Waals surface area contributed by atoms with Crippen molar-refractivity contribution in [1.29, 1.82) is 0 Å². The standard InChI is InChI=1S/C9H11ClN2/c10-4-2-6-12-8-9-3-1-5-11-7-9/h1,3,5,7-8H,2,4,6H2. The number of aromatic nitrogens is 1. The van der Waals surface area contributed by atoms with E-state index in [1.807, 2.05) is 18.3 Å². The van der Waals surface area contributed by atoms with E-state index in [4.69, 9.17) is 11.6 Å². The van der Waals surface area contributed by atoms with Gasteiger partial charge in [-0.05, 0) is 12.5 Å². The number of rotatable bonds is 4. The molecule has 1 aromatic heterocycles. The predicted octanol–water partition coefficient (Wildman–Crippen LogP) is 2.13. The summed E-state index contributed by atoms with van der Waals surface area (Å²) >= 11 is 5.50. The Labute approximate surface area is 77.3 Å². The lowest BCUT2D eigenvalue weighted by Gasteiger charge is -1.90. The summed E-state index contributed by atoms with van der Waals surface area (Å²) in [7, 11) is 0. The van der Waals surface area contributed by atoms with Gasteiger partial charge in [0.15, 0.2) is 0 Å². The Morgan fingerprint density at radius 2 is 2.50 bits per heavy atom. The van der Waals surface area contributed by atoms with Crippen LogP contribution in [0.2, 0.25) is 0 Å². The third-order valence-corrected chi connectivity index (χ3v) is 1.61. The van der Waals surface area contributed by atoms with Crippen molar-refractivity contribution in [3.8, 4) is 0 Å². The van der Waals surface area contributed by atoms with E-state index in [0.29, 0.717) is 5.88 Å². The fraction of sp³-hybridized carbons (Fsp3) is 0.333. The molecule has 0 aromatic carbocycles. The van der Waals surface area contributed by atoms with Crippen LogP contribution in [-0.4, -0.2) is 23.6 Å². The molecule has 0 aliphatic rings. The lowest BCUT2D eigenvalue weighted by molar-refractivity contribution is 0.943. The average Bonchev–Trinajstić information content (AvgIpc) is 2.14. The second-order valence-electron chi connectivity index (χ2n) is 2.36. The van der Waals surface area contributed by atoms with Gasteiger partial charge in [-0.2, -0.15) is 0 Å². The maximum absolute atomic E-state index is 5.50. The molecule has 0 saturated heterocycles. The van der Waals surface area contributed by atoms with E-state index in [9.17, 15) is 0 Å². The van der Waals surface area contributed by atoms with Crippen LogP contribution < -0.4 is 0 Å². The van der Waals surface area contributed by atoms with Crippen LogP contribution in [0, 0.1) is 0 Å². The Balaban J connectivity index is 2.36. The summed E-state index contributed by atoms with van der Waals surface area (Å²) in [5.41, 5.74) is 1.03. The van der Waals surface area contributed by atoms with Crippen LogP contribution >= 0.6 is 11.6 Å². The van der Waals surface area contributed by atoms with Crippen LogP contribution in [-0.2, 0) is 0 Å². The number of aliphatic imine (C=N–C) groups is 1. The summed E-state index contributed by atoms with van der Waals surface area (Å²) in [5.74, 6) is 0.671. The summed E-state index contributed by atoms with van der Waals surface area (Å²) in [5, 5.41) is 0. The maximum Gasteiger partial charge on any atom is 0.0400 e. The van der Waals surface area contributed by atoms with Crippen molar-refractivity contribution < 1.29 is 0 Å². The zero-order valence-electron chi connectivity index (χ0n) is 6.78. The summed E-state index contributed by atoms with van der Waals surface area (Å²) in [6.07, 6.45) is 6.28. The molecule has 3 heteroatoms. The second-order valence-corrected chi connectivity index (χ2v) is 2.74. The minimum Gasteiger partial charge on any atom is -0.292 e. The van der Waals surface area contributed by atoms with Crippen LogP contribution in [0.3, 0.4) is 0 Å². The molecule has 1 heterocycles. The van der Waals surface area contributed by atoms with Gasteiger partial charge < -0.3 is 0 Å². The highest BCUT2D eigenvalue weighted by atomic mass is 35.5. The highest BCUT2D eigenvalue weighted by Gasteiger charge is 1.84. The first kappa shape index (κ1) is 9.20. The fourth-order valence-electron chi connectivity index (χ4n) is 0.773. The van der Waals surface area contributed by atoms with Gasteiger partial charge in [0.2, 0.25) is 0 Å². The van der Waals surface area contributed by atoms with Crippen molar-refractivity contribution in [3.63, 3.8) is 0 Å². The van der Waals surface area contributed by atoms with E-state index < -0.39 is 0 Å². The van der Waals surface area contributed by atoms with Crippen molar-refractivity contribution in [1.82, 2.24) is 4.98 Å². The van der Waals surface area contributed by atoms with Gasteiger partial charge in [0.1, 0.15) is 0 Å². The van der Waals surface area contributed by atoms with E-state index in [2.05, 4.69) is 9.98 Å². The largest absolute Gasteiger partial charge is 0.292 e. The molecular formula is C9H11ClN2. The SMILES string of the molecule is ClCCCN=Cc1cccnc1. The molecule has 0 saturated carbocycles. The van der Waals surface area contributed by atoms with Gasteiger partial charge in [-0.3, -0.25) is 9.98 Å². The Morgan fingerprint density at radius 1 is 1.58 bits per heavy atom. The highest BCUT2D eigenvalue weighted by Crippen LogP contribution is 1.91. The number of nitrogens with zero attached hydrogens (tertiary/aromatic N) is 2. The molecule has 0 unspecified atom stereocenters. The van der Waals surface area contributed by atoms with Crippen LogP contribution in [0.15, 0.2) is 29.5 Å². The van der Waals surface area contributed by atoms with Crippen LogP contribution in [0.25, 0.3) is 0 Å². The topological polar surface area (TPSA) is 25.2 Å². The lowest BCUT2D eigenvalue weighted by Crippen LogP contribution is -1.85. The smallest absolute Gasteiger partial charge is 0.0400 e. The van der Waals surface area contributed by atoms with Gasteiger partial charge >= 0.3 is 0 Å². The van der Waals surface area contributed by atoms with Crippen molar-refractivity contribution in [3.05, 3.63) is 30.1 Å². The van der Waals surface area contributed by atoms with Gasteiger partial charge in [0.05, 0.1) is 0 Å². The minimum absolute atomic E-state index is 0.671. The van der Waals surface area contributed by atoms with E-state index in [1.54, 1.807) is 12.4 Å². The number of pyridine rings is 1. The molecule has 0 atom stereocenters. The van der Waals surface area contributed by atoms with Crippen molar-refractivity contribution in [2.75, 3.05) is 12.4 Å². The number of hydrogen-bond acceptors (Lipinski definition) is 2. The van der Waals surface area contributed by atoms with Crippen LogP contribution in [0.5, 0.6) is 0 Å². The van der Waals surface area contributed by atoms with Gasteiger partial charge in [-0.1, -0.05) is 6.07 Å². The third kappa shape index (κ3) is 3.49. The Bertz CT molecular complexity index is 234. The molecule has 2 nitrogen and oxygen atoms in total. The Kier molecular flexibility index (Phi) is 4.39. The Hall–Kier alpha value is -0.890. The molecule has 0 N–H and O–H groups in total. The summed E-state index contributed by atoms with van der Waals surface area (Å²) in [6, 6.07) is 3.86. The van der Waals surface area contributed by atoms with Gasteiger partial charge in [-0.15, -0.1) is 11.6 Å². The fourth-order valence-corrected chi connectivity index (χ4v) is 0.893. The second kappa shape index (κ2) is 5.72. The molecule has 0 fully saturated rings. The first-order chi connectivity index (χ1) is 5.93. The zero-order chi connectivity index (χ0) is 8.65. The number of alkyl halides is 1. The normalized spacial score (nSPS) is 10.8. The molecule has 12 heavy (non-hydrogen) atoms. The number of halogens is 1. The first-order valence-corrected chi connectivity index (χ1v) is 4.43. The Morgan fingerprint density at radius 3 is 3.17 bits per heavy atom. The molecule has 0 amide bonds. The predicted molar refractivity (Wildman–Crippen MR) is 52.0 cm³/mol. The molecule has 0 aliphatic carbocycles. The minimum atomic E-state index is 0.671. The monoisotopic (exact) mass is 182 g/mol. The van der Waals surface area contributed by atoms with Gasteiger partial charge in [0.25, 0.3) is 0 Å². The van der Waals surface area contributed by atoms with Crippen molar-refractivity contribution in [2.45, 2.75) is 6.42 Å². The summed E-state index contributed by atoms with van der Waals surface area (Å²) in [6.45, 7) is 0.790. The number of hydrogen-bond donors (Lipinski definition) is 0. The quantitative estimate of drug-likeness (QED) is 0.398. The van der Waals surface area contributed by atoms with Gasteiger partial charge in [0, 0.05) is 36.6 Å². The molecule has 0 spiro atoms. The maximum atomic E-state index is 5.50. The van der Waals surface area contributed by atoms with E-state index in [-0.39, 0.29) is 0 Å². The highest BCUT2D eigenvalue weighted by molar-refractivity contribution is 6.17. The summed E-state index contributed by atoms with van der Waals surface area (Å²) < 4.78 is 0. The molecule has 0 bridgehead atoms. The first-order valence-electron chi connectivity index (χ1n) is 3.89. The molecule has 0 aliphatic heterocycles. The molecule has 0 radical (unpaired) electrons. The molecule has 1 rings (SSSR count). The van der Waals surface area contributed by atoms with E-state index in [0.717, 1.165) is 18.5 Å². The summed E-state index contributed by atoms with van der Waals surface area (Å²) in [4.78, 5) is 8.15. The van der Waals surface area contributed by atoms with Crippen molar-refractivity contribution in [2.24, 2.45) is 4.99 Å².